The zero-order valence-electron chi connectivity index (χ0n) is 8.30. The molecule has 0 saturated carbocycles. The van der Waals surface area contributed by atoms with Crippen LogP contribution in [0.15, 0.2) is 18.2 Å². The van der Waals surface area contributed by atoms with Crippen LogP contribution in [0.3, 0.4) is 0 Å². The summed E-state index contributed by atoms with van der Waals surface area (Å²) in [6.07, 6.45) is -4.21. The second kappa shape index (κ2) is 4.51. The first-order valence-corrected chi connectivity index (χ1v) is 4.53. The summed E-state index contributed by atoms with van der Waals surface area (Å²) >= 11 is 0. The first-order chi connectivity index (χ1) is 6.52. The van der Waals surface area contributed by atoms with Crippen molar-refractivity contribution in [1.82, 2.24) is 0 Å². The van der Waals surface area contributed by atoms with Gasteiger partial charge < -0.3 is 5.11 Å². The molecule has 1 unspecified atom stereocenters. The molecule has 0 heterocycles. The van der Waals surface area contributed by atoms with Gasteiger partial charge in [0.15, 0.2) is 0 Å². The van der Waals surface area contributed by atoms with E-state index in [9.17, 15) is 8.78 Å². The van der Waals surface area contributed by atoms with Gasteiger partial charge in [-0.3, -0.25) is 0 Å². The Morgan fingerprint density at radius 3 is 2.14 bits per heavy atom. The highest BCUT2D eigenvalue weighted by Crippen LogP contribution is 2.17. The minimum absolute atomic E-state index is 0.0240. The molecule has 0 aromatic heterocycles. The summed E-state index contributed by atoms with van der Waals surface area (Å²) in [5, 5.41) is 9.08. The molecular formula is C11H14F2O. The molecule has 1 nitrogen and oxygen atoms in total. The van der Waals surface area contributed by atoms with Crippen molar-refractivity contribution in [2.24, 2.45) is 0 Å². The Morgan fingerprint density at radius 2 is 1.71 bits per heavy atom. The molecule has 1 aromatic carbocycles. The maximum atomic E-state index is 12.1. The van der Waals surface area contributed by atoms with Crippen molar-refractivity contribution in [2.75, 3.05) is 0 Å². The summed E-state index contributed by atoms with van der Waals surface area (Å²) in [5.41, 5.74) is 2.72. The molecular weight excluding hydrogens is 186 g/mol. The van der Waals surface area contributed by atoms with Crippen molar-refractivity contribution >= 4 is 0 Å². The third-order valence-electron chi connectivity index (χ3n) is 2.35. The van der Waals surface area contributed by atoms with Crippen LogP contribution in [0.5, 0.6) is 0 Å². The molecule has 3 heteroatoms. The number of aliphatic hydroxyl groups is 1. The van der Waals surface area contributed by atoms with Crippen molar-refractivity contribution in [1.29, 1.82) is 0 Å². The molecule has 0 aliphatic rings. The molecule has 1 rings (SSSR count). The van der Waals surface area contributed by atoms with E-state index in [-0.39, 0.29) is 6.42 Å². The minimum atomic E-state index is -2.67. The summed E-state index contributed by atoms with van der Waals surface area (Å²) in [6, 6.07) is 5.60. The smallest absolute Gasteiger partial charge is 0.264 e. The topological polar surface area (TPSA) is 20.2 Å². The minimum Gasteiger partial charge on any atom is -0.387 e. The fraction of sp³-hybridized carbons (Fsp3) is 0.455. The fourth-order valence-corrected chi connectivity index (χ4v) is 1.47. The highest BCUT2D eigenvalue weighted by Gasteiger charge is 2.18. The lowest BCUT2D eigenvalue weighted by molar-refractivity contribution is -0.00379. The number of hydrogen-bond donors (Lipinski definition) is 1. The van der Waals surface area contributed by atoms with Gasteiger partial charge in [0.25, 0.3) is 6.43 Å². The number of aryl methyl sites for hydroxylation is 2. The molecule has 14 heavy (non-hydrogen) atoms. The molecule has 0 radical (unpaired) electrons. The van der Waals surface area contributed by atoms with Gasteiger partial charge in [-0.05, 0) is 30.5 Å². The lowest BCUT2D eigenvalue weighted by atomic mass is 9.98. The predicted octanol–water partition coefficient (Wildman–Crippen LogP) is 2.47. The number of rotatable bonds is 3. The number of alkyl halides is 2. The van der Waals surface area contributed by atoms with Gasteiger partial charge in [0.05, 0.1) is 0 Å². The Kier molecular flexibility index (Phi) is 3.58. The molecule has 1 N–H and O–H groups in total. The van der Waals surface area contributed by atoms with Crippen LogP contribution in [0.4, 0.5) is 8.78 Å². The summed E-state index contributed by atoms with van der Waals surface area (Å²) in [4.78, 5) is 0. The van der Waals surface area contributed by atoms with Crippen LogP contribution in [0, 0.1) is 13.8 Å². The monoisotopic (exact) mass is 200 g/mol. The van der Waals surface area contributed by atoms with E-state index in [0.717, 1.165) is 16.7 Å². The van der Waals surface area contributed by atoms with Gasteiger partial charge in [0.2, 0.25) is 0 Å². The van der Waals surface area contributed by atoms with Gasteiger partial charge in [0.1, 0.15) is 6.10 Å². The van der Waals surface area contributed by atoms with Crippen molar-refractivity contribution in [3.05, 3.63) is 34.9 Å². The molecule has 0 amide bonds. The summed E-state index contributed by atoms with van der Waals surface area (Å²) < 4.78 is 24.3. The molecule has 0 spiro atoms. The van der Waals surface area contributed by atoms with Crippen molar-refractivity contribution in [2.45, 2.75) is 32.8 Å². The maximum Gasteiger partial charge on any atom is 0.264 e. The second-order valence-corrected chi connectivity index (χ2v) is 3.48. The first-order valence-electron chi connectivity index (χ1n) is 4.53. The van der Waals surface area contributed by atoms with Crippen LogP contribution in [-0.2, 0) is 6.42 Å². The van der Waals surface area contributed by atoms with Crippen LogP contribution in [-0.4, -0.2) is 17.6 Å². The van der Waals surface area contributed by atoms with Crippen molar-refractivity contribution in [3.8, 4) is 0 Å². The van der Waals surface area contributed by atoms with Gasteiger partial charge in [0, 0.05) is 6.42 Å². The quantitative estimate of drug-likeness (QED) is 0.794. The van der Waals surface area contributed by atoms with Crippen LogP contribution < -0.4 is 0 Å². The molecule has 1 aromatic rings. The van der Waals surface area contributed by atoms with E-state index < -0.39 is 12.5 Å². The number of hydrogen-bond acceptors (Lipinski definition) is 1. The maximum absolute atomic E-state index is 12.1. The summed E-state index contributed by atoms with van der Waals surface area (Å²) in [6.45, 7) is 3.72. The van der Waals surface area contributed by atoms with E-state index in [1.807, 2.05) is 32.0 Å². The van der Waals surface area contributed by atoms with E-state index in [4.69, 9.17) is 5.11 Å². The zero-order chi connectivity index (χ0) is 10.7. The Morgan fingerprint density at radius 1 is 1.21 bits per heavy atom. The largest absolute Gasteiger partial charge is 0.387 e. The van der Waals surface area contributed by atoms with Gasteiger partial charge >= 0.3 is 0 Å². The Hall–Kier alpha value is -0.960. The average Bonchev–Trinajstić information content (AvgIpc) is 2.11. The Balaban J connectivity index is 2.85. The first kappa shape index (κ1) is 11.1. The molecule has 0 bridgehead atoms. The van der Waals surface area contributed by atoms with Crippen LogP contribution in [0.25, 0.3) is 0 Å². The van der Waals surface area contributed by atoms with Crippen LogP contribution in [0.2, 0.25) is 0 Å². The zero-order valence-corrected chi connectivity index (χ0v) is 8.30. The van der Waals surface area contributed by atoms with E-state index >= 15 is 0 Å². The lowest BCUT2D eigenvalue weighted by Gasteiger charge is -2.13. The highest BCUT2D eigenvalue weighted by atomic mass is 19.3. The highest BCUT2D eigenvalue weighted by molar-refractivity contribution is 5.33. The molecule has 0 aliphatic heterocycles. The molecule has 0 saturated heterocycles. The SMILES string of the molecule is Cc1cccc(C)c1CC(O)C(F)F. The third-order valence-corrected chi connectivity index (χ3v) is 2.35. The van der Waals surface area contributed by atoms with Gasteiger partial charge in [-0.2, -0.15) is 0 Å². The summed E-state index contributed by atoms with van der Waals surface area (Å²) in [7, 11) is 0. The lowest BCUT2D eigenvalue weighted by Crippen LogP contribution is -2.21. The normalized spacial score (nSPS) is 13.3. The predicted molar refractivity (Wildman–Crippen MR) is 51.6 cm³/mol. The second-order valence-electron chi connectivity index (χ2n) is 3.48. The van der Waals surface area contributed by atoms with Gasteiger partial charge in [-0.1, -0.05) is 18.2 Å². The average molecular weight is 200 g/mol. The van der Waals surface area contributed by atoms with E-state index in [1.54, 1.807) is 0 Å². The number of benzene rings is 1. The molecule has 1 atom stereocenters. The van der Waals surface area contributed by atoms with Crippen LogP contribution >= 0.6 is 0 Å². The van der Waals surface area contributed by atoms with Crippen molar-refractivity contribution in [3.63, 3.8) is 0 Å². The standard InChI is InChI=1S/C11H14F2O/c1-7-4-3-5-8(2)9(7)6-10(14)11(12)13/h3-5,10-11,14H,6H2,1-2H3. The molecule has 0 fully saturated rings. The fourth-order valence-electron chi connectivity index (χ4n) is 1.47. The number of aliphatic hydroxyl groups excluding tert-OH is 1. The van der Waals surface area contributed by atoms with E-state index in [2.05, 4.69) is 0 Å². The molecule has 0 aliphatic carbocycles. The van der Waals surface area contributed by atoms with Crippen molar-refractivity contribution < 1.29 is 13.9 Å². The van der Waals surface area contributed by atoms with E-state index in [1.165, 1.54) is 0 Å². The third kappa shape index (κ3) is 2.51. The molecule has 78 valence electrons. The Bertz CT molecular complexity index is 290. The van der Waals surface area contributed by atoms with Crippen LogP contribution in [0.1, 0.15) is 16.7 Å². The number of halogens is 2. The van der Waals surface area contributed by atoms with E-state index in [0.29, 0.717) is 0 Å². The summed E-state index contributed by atoms with van der Waals surface area (Å²) in [5.74, 6) is 0. The Labute approximate surface area is 82.4 Å². The van der Waals surface area contributed by atoms with Gasteiger partial charge in [-0.25, -0.2) is 8.78 Å². The van der Waals surface area contributed by atoms with Gasteiger partial charge in [-0.15, -0.1) is 0 Å².